The molecule has 1 heterocycles. The Morgan fingerprint density at radius 1 is 1.23 bits per heavy atom. The lowest BCUT2D eigenvalue weighted by Crippen LogP contribution is -2.47. The Balaban J connectivity index is 2.36. The Hall–Kier alpha value is -1.93. The number of aliphatic carboxylic acids is 2. The van der Waals surface area contributed by atoms with E-state index in [1.165, 1.54) is 24.3 Å². The Bertz CT molecular complexity index is 684. The molecule has 1 saturated heterocycles. The summed E-state index contributed by atoms with van der Waals surface area (Å²) < 4.78 is 26.3. The fourth-order valence-corrected chi connectivity index (χ4v) is 4.29. The fraction of sp³-hybridized carbons (Fsp3) is 0.429. The summed E-state index contributed by atoms with van der Waals surface area (Å²) in [7, 11) is -3.95. The molecule has 2 N–H and O–H groups in total. The van der Waals surface area contributed by atoms with Gasteiger partial charge in [0.15, 0.2) is 0 Å². The van der Waals surface area contributed by atoms with Crippen LogP contribution in [-0.2, 0) is 26.0 Å². The van der Waals surface area contributed by atoms with Gasteiger partial charge in [-0.1, -0.05) is 12.1 Å². The average molecular weight is 327 g/mol. The molecule has 0 amide bonds. The number of rotatable bonds is 5. The van der Waals surface area contributed by atoms with E-state index in [2.05, 4.69) is 0 Å². The average Bonchev–Trinajstić information content (AvgIpc) is 2.46. The van der Waals surface area contributed by atoms with Gasteiger partial charge in [-0.3, -0.25) is 9.59 Å². The third-order valence-electron chi connectivity index (χ3n) is 3.60. The first-order valence-corrected chi connectivity index (χ1v) is 8.32. The Morgan fingerprint density at radius 2 is 1.95 bits per heavy atom. The number of benzene rings is 1. The maximum absolute atomic E-state index is 12.7. The Kier molecular flexibility index (Phi) is 4.82. The van der Waals surface area contributed by atoms with Crippen molar-refractivity contribution in [1.82, 2.24) is 4.31 Å². The van der Waals surface area contributed by atoms with Gasteiger partial charge < -0.3 is 10.2 Å². The minimum Gasteiger partial charge on any atom is -0.481 e. The van der Waals surface area contributed by atoms with E-state index in [0.717, 1.165) is 4.31 Å². The zero-order valence-electron chi connectivity index (χ0n) is 11.8. The molecule has 0 spiro atoms. The van der Waals surface area contributed by atoms with Crippen LogP contribution in [0.2, 0.25) is 0 Å². The highest BCUT2D eigenvalue weighted by Crippen LogP contribution is 2.26. The maximum atomic E-state index is 12.7. The molecule has 0 saturated carbocycles. The first kappa shape index (κ1) is 16.4. The fourth-order valence-electron chi connectivity index (χ4n) is 2.57. The van der Waals surface area contributed by atoms with Crippen LogP contribution in [0.25, 0.3) is 0 Å². The summed E-state index contributed by atoms with van der Waals surface area (Å²) in [5, 5.41) is 18.0. The highest BCUT2D eigenvalue weighted by atomic mass is 32.2. The normalized spacial score (nSPS) is 19.7. The molecule has 8 heteroatoms. The third-order valence-corrected chi connectivity index (χ3v) is 5.50. The number of sulfonamides is 1. The Morgan fingerprint density at radius 3 is 2.59 bits per heavy atom. The van der Waals surface area contributed by atoms with E-state index < -0.39 is 28.0 Å². The van der Waals surface area contributed by atoms with Crippen molar-refractivity contribution in [3.8, 4) is 0 Å². The van der Waals surface area contributed by atoms with Crippen molar-refractivity contribution in [2.24, 2.45) is 0 Å². The molecule has 120 valence electrons. The summed E-state index contributed by atoms with van der Waals surface area (Å²) in [6, 6.07) is 4.57. The molecule has 2 rings (SSSR count). The third kappa shape index (κ3) is 3.45. The summed E-state index contributed by atoms with van der Waals surface area (Å²) >= 11 is 0. The summed E-state index contributed by atoms with van der Waals surface area (Å²) in [6.07, 6.45) is 1.27. The van der Waals surface area contributed by atoms with Crippen molar-refractivity contribution >= 4 is 22.0 Å². The van der Waals surface area contributed by atoms with Crippen molar-refractivity contribution in [1.29, 1.82) is 0 Å². The maximum Gasteiger partial charge on any atom is 0.322 e. The van der Waals surface area contributed by atoms with Gasteiger partial charge in [-0.25, -0.2) is 8.42 Å². The Labute approximate surface area is 128 Å². The monoisotopic (exact) mass is 327 g/mol. The molecule has 1 fully saturated rings. The van der Waals surface area contributed by atoms with Gasteiger partial charge in [0, 0.05) is 6.54 Å². The quantitative estimate of drug-likeness (QED) is 0.832. The van der Waals surface area contributed by atoms with Gasteiger partial charge in [-0.05, 0) is 37.0 Å². The number of carbonyl (C=O) groups is 2. The molecule has 7 nitrogen and oxygen atoms in total. The molecule has 22 heavy (non-hydrogen) atoms. The van der Waals surface area contributed by atoms with Crippen LogP contribution in [0.3, 0.4) is 0 Å². The minimum absolute atomic E-state index is 0.0700. The van der Waals surface area contributed by atoms with Crippen LogP contribution in [0.5, 0.6) is 0 Å². The predicted octanol–water partition coefficient (Wildman–Crippen LogP) is 0.942. The van der Waals surface area contributed by atoms with E-state index in [-0.39, 0.29) is 24.3 Å². The lowest BCUT2D eigenvalue weighted by Gasteiger charge is -2.31. The molecule has 0 aromatic heterocycles. The minimum atomic E-state index is -3.95. The van der Waals surface area contributed by atoms with Crippen molar-refractivity contribution in [3.05, 3.63) is 29.8 Å². The van der Waals surface area contributed by atoms with E-state index >= 15 is 0 Å². The molecular weight excluding hydrogens is 310 g/mol. The van der Waals surface area contributed by atoms with E-state index in [4.69, 9.17) is 5.11 Å². The highest BCUT2D eigenvalue weighted by molar-refractivity contribution is 7.89. The van der Waals surface area contributed by atoms with Crippen molar-refractivity contribution in [2.75, 3.05) is 6.54 Å². The number of nitrogens with zero attached hydrogens (tertiary/aromatic N) is 1. The van der Waals surface area contributed by atoms with Crippen molar-refractivity contribution in [3.63, 3.8) is 0 Å². The van der Waals surface area contributed by atoms with Crippen LogP contribution in [0.4, 0.5) is 0 Å². The summed E-state index contributed by atoms with van der Waals surface area (Å²) in [5.41, 5.74) is 0.359. The lowest BCUT2D eigenvalue weighted by molar-refractivity contribution is -0.142. The lowest BCUT2D eigenvalue weighted by atomic mass is 10.1. The van der Waals surface area contributed by atoms with E-state index in [0.29, 0.717) is 18.4 Å². The zero-order valence-corrected chi connectivity index (χ0v) is 12.6. The molecule has 0 aliphatic carbocycles. The highest BCUT2D eigenvalue weighted by Gasteiger charge is 2.37. The van der Waals surface area contributed by atoms with Crippen molar-refractivity contribution in [2.45, 2.75) is 36.6 Å². The molecule has 0 unspecified atom stereocenters. The van der Waals surface area contributed by atoms with Gasteiger partial charge in [-0.15, -0.1) is 0 Å². The summed E-state index contributed by atoms with van der Waals surface area (Å²) in [4.78, 5) is 21.9. The number of carboxylic acid groups (broad SMARTS) is 2. The zero-order chi connectivity index (χ0) is 16.3. The molecule has 0 bridgehead atoms. The van der Waals surface area contributed by atoms with Gasteiger partial charge >= 0.3 is 11.9 Å². The molecule has 1 aliphatic rings. The van der Waals surface area contributed by atoms with Crippen LogP contribution in [-0.4, -0.2) is 47.5 Å². The molecule has 1 aliphatic heterocycles. The predicted molar refractivity (Wildman–Crippen MR) is 76.9 cm³/mol. The van der Waals surface area contributed by atoms with E-state index in [1.54, 1.807) is 0 Å². The summed E-state index contributed by atoms with van der Waals surface area (Å²) in [6.45, 7) is 0.155. The molecule has 1 atom stereocenters. The first-order valence-electron chi connectivity index (χ1n) is 6.88. The molecule has 1 aromatic rings. The van der Waals surface area contributed by atoms with Crippen LogP contribution < -0.4 is 0 Å². The number of piperidine rings is 1. The topological polar surface area (TPSA) is 112 Å². The molecule has 1 aromatic carbocycles. The van der Waals surface area contributed by atoms with Gasteiger partial charge in [0.1, 0.15) is 6.04 Å². The summed E-state index contributed by atoms with van der Waals surface area (Å²) in [5.74, 6) is -2.22. The second kappa shape index (κ2) is 6.45. The smallest absolute Gasteiger partial charge is 0.322 e. The van der Waals surface area contributed by atoms with Crippen molar-refractivity contribution < 1.29 is 28.2 Å². The van der Waals surface area contributed by atoms with Gasteiger partial charge in [-0.2, -0.15) is 4.31 Å². The second-order valence-corrected chi connectivity index (χ2v) is 7.07. The SMILES string of the molecule is O=C(O)Cc1cccc(S(=O)(=O)N2CCCC[C@H]2C(=O)O)c1. The standard InChI is InChI=1S/C14H17NO6S/c16-13(17)9-10-4-3-5-11(8-10)22(20,21)15-7-2-1-6-12(15)14(18)19/h3-5,8,12H,1-2,6-7,9H2,(H,16,17)(H,18,19)/t12-/m0/s1. The van der Waals surface area contributed by atoms with Crippen LogP contribution in [0, 0.1) is 0 Å². The van der Waals surface area contributed by atoms with Crippen LogP contribution >= 0.6 is 0 Å². The number of hydrogen-bond donors (Lipinski definition) is 2. The molecular formula is C14H17NO6S. The van der Waals surface area contributed by atoms with Gasteiger partial charge in [0.05, 0.1) is 11.3 Å². The van der Waals surface area contributed by atoms with E-state index in [9.17, 15) is 23.1 Å². The van der Waals surface area contributed by atoms with E-state index in [1.807, 2.05) is 0 Å². The number of hydrogen-bond acceptors (Lipinski definition) is 4. The number of carboxylic acids is 2. The largest absolute Gasteiger partial charge is 0.481 e. The van der Waals surface area contributed by atoms with Gasteiger partial charge in [0.25, 0.3) is 0 Å². The first-order chi connectivity index (χ1) is 10.3. The second-order valence-electron chi connectivity index (χ2n) is 5.18. The van der Waals surface area contributed by atoms with Gasteiger partial charge in [0.2, 0.25) is 10.0 Å². The van der Waals surface area contributed by atoms with Crippen LogP contribution in [0.15, 0.2) is 29.2 Å². The molecule has 0 radical (unpaired) electrons. The van der Waals surface area contributed by atoms with Crippen LogP contribution in [0.1, 0.15) is 24.8 Å².